The highest BCUT2D eigenvalue weighted by Crippen LogP contribution is 2.36. The maximum Gasteiger partial charge on any atom is 0.418 e. The molecule has 2 amide bonds. The maximum atomic E-state index is 13.5. The van der Waals surface area contributed by atoms with Gasteiger partial charge < -0.3 is 41.5 Å². The second-order valence-corrected chi connectivity index (χ2v) is 16.0. The number of hydrogen-bond donors (Lipinski definition) is 7. The molecule has 5 rings (SSSR count). The van der Waals surface area contributed by atoms with Gasteiger partial charge in [-0.1, -0.05) is 5.16 Å². The fraction of sp³-hybridized carbons (Fsp3) is 0.562. The molecule has 1 aliphatic carbocycles. The fourth-order valence-electron chi connectivity index (χ4n) is 6.51. The summed E-state index contributed by atoms with van der Waals surface area (Å²) >= 11 is 0.962. The number of rotatable bonds is 14. The Morgan fingerprint density at radius 3 is 2.53 bits per heavy atom. The number of hydrogen-bond acceptors (Lipinski definition) is 15. The number of carboxylic acids is 1. The van der Waals surface area contributed by atoms with Gasteiger partial charge in [-0.3, -0.25) is 19.6 Å². The third kappa shape index (κ3) is 8.71. The quantitative estimate of drug-likeness (QED) is 0.0465. The second kappa shape index (κ2) is 15.1. The monoisotopic (exact) mass is 780 g/mol. The molecule has 3 aliphatic rings. The van der Waals surface area contributed by atoms with Crippen molar-refractivity contribution < 1.29 is 51.1 Å². The molecule has 53 heavy (non-hydrogen) atoms. The number of amides is 2. The van der Waals surface area contributed by atoms with Crippen molar-refractivity contribution in [3.05, 3.63) is 40.4 Å². The first kappa shape index (κ1) is 39.8. The molecule has 19 nitrogen and oxygen atoms in total. The summed E-state index contributed by atoms with van der Waals surface area (Å²) in [6.07, 6.45) is 3.57. The number of benzene rings is 1. The molecule has 1 aromatic heterocycles. The van der Waals surface area contributed by atoms with Crippen LogP contribution in [0, 0.1) is 5.41 Å². The number of thiazole rings is 1. The van der Waals surface area contributed by atoms with E-state index >= 15 is 0 Å². The molecule has 3 heterocycles. The average molecular weight is 781 g/mol. The average Bonchev–Trinajstić information content (AvgIpc) is 3.54. The van der Waals surface area contributed by atoms with Crippen LogP contribution in [0.3, 0.4) is 0 Å². The van der Waals surface area contributed by atoms with Crippen LogP contribution in [0.5, 0.6) is 5.75 Å². The first-order valence-corrected chi connectivity index (χ1v) is 19.0. The number of aliphatic carboxylic acids is 1. The first-order chi connectivity index (χ1) is 24.8. The number of anilines is 1. The maximum absolute atomic E-state index is 13.5. The minimum atomic E-state index is -5.04. The Bertz CT molecular complexity index is 1890. The molecular formula is C32H44N8O11S2. The van der Waals surface area contributed by atoms with E-state index in [2.05, 4.69) is 25.1 Å². The minimum absolute atomic E-state index is 0.0541. The number of carboxylic acid groups (broad SMARTS) is 1. The van der Waals surface area contributed by atoms with E-state index in [1.165, 1.54) is 26.2 Å². The number of carbonyl (C=O) groups excluding carboxylic acids is 2. The summed E-state index contributed by atoms with van der Waals surface area (Å²) in [4.78, 5) is 48.5. The lowest BCUT2D eigenvalue weighted by molar-refractivity contribution is -0.218. The van der Waals surface area contributed by atoms with Gasteiger partial charge in [0.2, 0.25) is 0 Å². The van der Waals surface area contributed by atoms with Gasteiger partial charge in [0.25, 0.3) is 17.4 Å². The number of ether oxygens (including phenoxy) is 2. The largest absolute Gasteiger partial charge is 0.485 e. The molecule has 0 bridgehead atoms. The Labute approximate surface area is 309 Å². The van der Waals surface area contributed by atoms with Crippen LogP contribution in [0.1, 0.15) is 76.1 Å². The van der Waals surface area contributed by atoms with E-state index in [4.69, 9.17) is 35.7 Å². The van der Waals surface area contributed by atoms with Crippen molar-refractivity contribution >= 4 is 56.2 Å². The van der Waals surface area contributed by atoms with Gasteiger partial charge in [-0.15, -0.1) is 15.6 Å². The molecule has 1 saturated carbocycles. The van der Waals surface area contributed by atoms with Gasteiger partial charge in [0, 0.05) is 36.2 Å². The Kier molecular flexibility index (Phi) is 11.4. The van der Waals surface area contributed by atoms with E-state index in [1.807, 2.05) is 6.07 Å². The summed E-state index contributed by atoms with van der Waals surface area (Å²) in [5.41, 5.74) is 9.26. The van der Waals surface area contributed by atoms with E-state index < -0.39 is 57.2 Å². The summed E-state index contributed by atoms with van der Waals surface area (Å²) < 4.78 is 47.1. The number of oxime groups is 1. The summed E-state index contributed by atoms with van der Waals surface area (Å²) in [7, 11) is -3.38. The SMILES string of the molecule is COCCC1(N)CCC(NC(=N)c2ccc3c(c2)CCC(C(C)(ON=C(C(=O)NC2C(=O)N(OS(=O)(=O)O)C2(C)C)c2csc(N)n2)C(=O)O)O3)CC1. The van der Waals surface area contributed by atoms with Crippen LogP contribution in [0.25, 0.3) is 0 Å². The summed E-state index contributed by atoms with van der Waals surface area (Å²) in [5, 5.41) is 30.5. The molecular weight excluding hydrogens is 737 g/mol. The first-order valence-electron chi connectivity index (χ1n) is 16.7. The number of β-lactam (4-membered cyclic amide) rings is 1. The minimum Gasteiger partial charge on any atom is -0.485 e. The summed E-state index contributed by atoms with van der Waals surface area (Å²) in [6.45, 7) is 4.59. The normalized spacial score (nSPS) is 25.2. The molecule has 2 aliphatic heterocycles. The highest BCUT2D eigenvalue weighted by molar-refractivity contribution is 7.80. The third-order valence-corrected chi connectivity index (χ3v) is 10.9. The number of nitrogens with two attached hydrogens (primary N) is 2. The van der Waals surface area contributed by atoms with Crippen LogP contribution in [0.4, 0.5) is 5.13 Å². The predicted molar refractivity (Wildman–Crippen MR) is 190 cm³/mol. The topological polar surface area (TPSA) is 291 Å². The Balaban J connectivity index is 1.28. The van der Waals surface area contributed by atoms with Crippen LogP contribution < -0.4 is 26.8 Å². The molecule has 2 aromatic rings. The molecule has 3 atom stereocenters. The Morgan fingerprint density at radius 1 is 1.25 bits per heavy atom. The van der Waals surface area contributed by atoms with Crippen molar-refractivity contribution in [2.75, 3.05) is 19.5 Å². The van der Waals surface area contributed by atoms with Crippen molar-refractivity contribution in [1.82, 2.24) is 20.7 Å². The Hall–Kier alpha value is -4.41. The molecule has 3 unspecified atom stereocenters. The Morgan fingerprint density at radius 2 is 1.94 bits per heavy atom. The van der Waals surface area contributed by atoms with Crippen molar-refractivity contribution in [2.45, 2.75) is 101 Å². The number of hydroxylamine groups is 2. The lowest BCUT2D eigenvalue weighted by Gasteiger charge is -2.50. The van der Waals surface area contributed by atoms with Gasteiger partial charge in [-0.05, 0) is 89.5 Å². The zero-order chi connectivity index (χ0) is 38.9. The molecule has 9 N–H and O–H groups in total. The van der Waals surface area contributed by atoms with Gasteiger partial charge >= 0.3 is 16.4 Å². The fourth-order valence-corrected chi connectivity index (χ4v) is 7.51. The van der Waals surface area contributed by atoms with E-state index in [9.17, 15) is 27.9 Å². The molecule has 2 fully saturated rings. The van der Waals surface area contributed by atoms with Crippen LogP contribution in [0.2, 0.25) is 0 Å². The standard InChI is InChI=1S/C32H44N8O11S2/c1-30(2)24(27(42)40(30)51-53(45,46)47)38-26(41)23(20-16-52-29(34)37-20)39-50-31(3,28(43)44)22-8-6-17-15-18(5-7-21(17)49-22)25(33)36-19-9-11-32(35,12-10-19)13-14-48-4/h5,7,15-16,19,22,24H,6,8-14,35H2,1-4H3,(H2,33,36)(H2,34,37)(H,38,41)(H,43,44)(H,45,46,47). The number of nitrogens with one attached hydrogen (secondary N) is 3. The molecule has 1 saturated heterocycles. The van der Waals surface area contributed by atoms with Crippen LogP contribution in [0.15, 0.2) is 28.7 Å². The van der Waals surface area contributed by atoms with E-state index in [0.717, 1.165) is 49.0 Å². The number of methoxy groups -OCH3 is 1. The highest BCUT2D eigenvalue weighted by Gasteiger charge is 2.58. The van der Waals surface area contributed by atoms with E-state index in [-0.39, 0.29) is 34.7 Å². The van der Waals surface area contributed by atoms with Crippen LogP contribution in [-0.4, -0.2) is 106 Å². The number of carbonyl (C=O) groups is 3. The molecule has 21 heteroatoms. The number of aromatic nitrogens is 1. The van der Waals surface area contributed by atoms with Crippen LogP contribution in [-0.2, 0) is 45.1 Å². The second-order valence-electron chi connectivity index (χ2n) is 14.1. The van der Waals surface area contributed by atoms with Gasteiger partial charge in [0.15, 0.2) is 16.9 Å². The number of aryl methyl sites for hydroxylation is 1. The zero-order valence-corrected chi connectivity index (χ0v) is 31.2. The zero-order valence-electron chi connectivity index (χ0n) is 29.6. The third-order valence-electron chi connectivity index (χ3n) is 9.89. The van der Waals surface area contributed by atoms with Gasteiger partial charge in [0.1, 0.15) is 23.3 Å². The lowest BCUT2D eigenvalue weighted by Crippen LogP contribution is -2.76. The van der Waals surface area contributed by atoms with Crippen molar-refractivity contribution in [3.8, 4) is 5.75 Å². The molecule has 1 aromatic carbocycles. The summed E-state index contributed by atoms with van der Waals surface area (Å²) in [6, 6.07) is 3.96. The summed E-state index contributed by atoms with van der Waals surface area (Å²) in [5.74, 6) is -2.81. The number of nitrogens with zero attached hydrogens (tertiary/aromatic N) is 3. The number of nitrogen functional groups attached to an aromatic ring is 1. The van der Waals surface area contributed by atoms with Gasteiger partial charge in [0.05, 0.1) is 5.54 Å². The molecule has 290 valence electrons. The highest BCUT2D eigenvalue weighted by atomic mass is 32.3. The van der Waals surface area contributed by atoms with Gasteiger partial charge in [-0.25, -0.2) is 9.78 Å². The van der Waals surface area contributed by atoms with Crippen molar-refractivity contribution in [3.63, 3.8) is 0 Å². The van der Waals surface area contributed by atoms with Crippen molar-refractivity contribution in [2.24, 2.45) is 10.9 Å². The molecule has 0 spiro atoms. The number of amidine groups is 1. The van der Waals surface area contributed by atoms with E-state index in [1.54, 1.807) is 19.2 Å². The smallest absolute Gasteiger partial charge is 0.418 e. The molecule has 0 radical (unpaired) electrons. The number of fused-ring (bicyclic) bond motifs is 1. The van der Waals surface area contributed by atoms with Gasteiger partial charge in [-0.2, -0.15) is 13.5 Å². The lowest BCUT2D eigenvalue weighted by atomic mass is 9.78. The van der Waals surface area contributed by atoms with Crippen molar-refractivity contribution in [1.29, 1.82) is 5.41 Å². The van der Waals surface area contributed by atoms with Crippen LogP contribution >= 0.6 is 11.3 Å². The predicted octanol–water partition coefficient (Wildman–Crippen LogP) is 1.11. The van der Waals surface area contributed by atoms with E-state index in [0.29, 0.717) is 29.4 Å².